The summed E-state index contributed by atoms with van der Waals surface area (Å²) in [5.74, 6) is 1.44. The zero-order valence-corrected chi connectivity index (χ0v) is 18.7. The van der Waals surface area contributed by atoms with E-state index in [9.17, 15) is 4.79 Å². The fraction of sp³-hybridized carbons (Fsp3) is 0.222. The van der Waals surface area contributed by atoms with E-state index in [0.29, 0.717) is 11.5 Å². The molecule has 0 atom stereocenters. The van der Waals surface area contributed by atoms with E-state index in [1.165, 1.54) is 19.3 Å². The molecule has 166 valence electrons. The number of nitrogens with zero attached hydrogens (tertiary/aromatic N) is 3. The minimum atomic E-state index is -0.124. The molecule has 4 aromatic rings. The second-order valence-electron chi connectivity index (χ2n) is 8.42. The third kappa shape index (κ3) is 4.80. The number of aryl methyl sites for hydroxylation is 1. The molecule has 1 aliphatic heterocycles. The molecule has 1 aromatic heterocycles. The first-order valence-corrected chi connectivity index (χ1v) is 11.4. The summed E-state index contributed by atoms with van der Waals surface area (Å²) in [7, 11) is 0. The Balaban J connectivity index is 1.29. The molecular formula is C27H27N5O. The highest BCUT2D eigenvalue weighted by molar-refractivity contribution is 6.12. The van der Waals surface area contributed by atoms with E-state index in [2.05, 4.69) is 20.5 Å². The summed E-state index contributed by atoms with van der Waals surface area (Å²) >= 11 is 0. The standard InChI is InChI=1S/C27H27N5O/c1-19-18-25(32-16-5-2-6-17-32)31-27(28-19)30-22-14-12-21(13-15-22)29-26(33)24-11-7-9-20-8-3-4-10-23(20)24/h3-4,7-15,18H,2,5-6,16-17H2,1H3,(H,29,33)(H,28,30,31). The molecule has 0 spiro atoms. The molecule has 0 saturated carbocycles. The number of amides is 1. The maximum Gasteiger partial charge on any atom is 0.256 e. The van der Waals surface area contributed by atoms with Gasteiger partial charge in [-0.05, 0) is 67.3 Å². The van der Waals surface area contributed by atoms with Gasteiger partial charge in [0, 0.05) is 41.8 Å². The monoisotopic (exact) mass is 437 g/mol. The number of nitrogens with one attached hydrogen (secondary N) is 2. The Kier molecular flexibility index (Phi) is 5.89. The van der Waals surface area contributed by atoms with Crippen molar-refractivity contribution < 1.29 is 4.79 Å². The number of fused-ring (bicyclic) bond motifs is 1. The zero-order valence-electron chi connectivity index (χ0n) is 18.7. The van der Waals surface area contributed by atoms with Gasteiger partial charge >= 0.3 is 0 Å². The van der Waals surface area contributed by atoms with Gasteiger partial charge in [0.2, 0.25) is 5.95 Å². The van der Waals surface area contributed by atoms with E-state index in [1.54, 1.807) is 0 Å². The van der Waals surface area contributed by atoms with E-state index in [-0.39, 0.29) is 5.91 Å². The molecule has 2 N–H and O–H groups in total. The van der Waals surface area contributed by atoms with Gasteiger partial charge in [0.25, 0.3) is 5.91 Å². The summed E-state index contributed by atoms with van der Waals surface area (Å²) in [4.78, 5) is 24.5. The van der Waals surface area contributed by atoms with Crippen molar-refractivity contribution in [1.29, 1.82) is 0 Å². The van der Waals surface area contributed by atoms with Crippen LogP contribution in [0.4, 0.5) is 23.1 Å². The normalized spacial score (nSPS) is 13.7. The maximum atomic E-state index is 12.9. The van der Waals surface area contributed by atoms with Crippen LogP contribution in [0.3, 0.4) is 0 Å². The van der Waals surface area contributed by atoms with Gasteiger partial charge in [-0.1, -0.05) is 36.4 Å². The summed E-state index contributed by atoms with van der Waals surface area (Å²) in [6.07, 6.45) is 3.70. The fourth-order valence-corrected chi connectivity index (χ4v) is 4.28. The predicted octanol–water partition coefficient (Wildman–Crippen LogP) is 5.92. The lowest BCUT2D eigenvalue weighted by Crippen LogP contribution is -2.30. The average molecular weight is 438 g/mol. The van der Waals surface area contributed by atoms with Crippen LogP contribution in [-0.2, 0) is 0 Å². The van der Waals surface area contributed by atoms with Crippen LogP contribution in [-0.4, -0.2) is 29.0 Å². The van der Waals surface area contributed by atoms with E-state index in [0.717, 1.165) is 46.7 Å². The summed E-state index contributed by atoms with van der Waals surface area (Å²) in [5, 5.41) is 8.29. The van der Waals surface area contributed by atoms with Crippen molar-refractivity contribution in [2.45, 2.75) is 26.2 Å². The molecule has 0 radical (unpaired) electrons. The molecule has 6 nitrogen and oxygen atoms in total. The third-order valence-corrected chi connectivity index (χ3v) is 5.95. The van der Waals surface area contributed by atoms with Crippen molar-refractivity contribution >= 4 is 39.8 Å². The van der Waals surface area contributed by atoms with Crippen molar-refractivity contribution in [3.63, 3.8) is 0 Å². The Morgan fingerprint density at radius 3 is 2.39 bits per heavy atom. The third-order valence-electron chi connectivity index (χ3n) is 5.95. The molecule has 0 aliphatic carbocycles. The highest BCUT2D eigenvalue weighted by Gasteiger charge is 2.14. The van der Waals surface area contributed by atoms with Gasteiger partial charge in [0.05, 0.1) is 0 Å². The van der Waals surface area contributed by atoms with Crippen molar-refractivity contribution in [3.05, 3.63) is 84.1 Å². The zero-order chi connectivity index (χ0) is 22.6. The number of piperidine rings is 1. The van der Waals surface area contributed by atoms with Crippen molar-refractivity contribution in [2.75, 3.05) is 28.6 Å². The summed E-state index contributed by atoms with van der Waals surface area (Å²) in [5.41, 5.74) is 3.20. The molecule has 2 heterocycles. The first-order chi connectivity index (χ1) is 16.2. The predicted molar refractivity (Wildman–Crippen MR) is 134 cm³/mol. The quantitative estimate of drug-likeness (QED) is 0.405. The molecule has 1 fully saturated rings. The lowest BCUT2D eigenvalue weighted by Gasteiger charge is -2.28. The number of carbonyl (C=O) groups is 1. The van der Waals surface area contributed by atoms with Gasteiger partial charge in [0.1, 0.15) is 5.82 Å². The number of anilines is 4. The molecule has 0 unspecified atom stereocenters. The van der Waals surface area contributed by atoms with Crippen LogP contribution < -0.4 is 15.5 Å². The summed E-state index contributed by atoms with van der Waals surface area (Å²) < 4.78 is 0. The average Bonchev–Trinajstić information content (AvgIpc) is 2.85. The van der Waals surface area contributed by atoms with E-state index < -0.39 is 0 Å². The highest BCUT2D eigenvalue weighted by Crippen LogP contribution is 2.23. The second-order valence-corrected chi connectivity index (χ2v) is 8.42. The Bertz CT molecular complexity index is 1270. The Morgan fingerprint density at radius 1 is 0.848 bits per heavy atom. The van der Waals surface area contributed by atoms with Crippen LogP contribution in [0.1, 0.15) is 35.3 Å². The molecule has 33 heavy (non-hydrogen) atoms. The van der Waals surface area contributed by atoms with Gasteiger partial charge in [-0.3, -0.25) is 4.79 Å². The Hall–Kier alpha value is -3.93. The van der Waals surface area contributed by atoms with Crippen LogP contribution >= 0.6 is 0 Å². The SMILES string of the molecule is Cc1cc(N2CCCCC2)nc(Nc2ccc(NC(=O)c3cccc4ccccc34)cc2)n1. The molecule has 1 amide bonds. The van der Waals surface area contributed by atoms with Gasteiger partial charge < -0.3 is 15.5 Å². The van der Waals surface area contributed by atoms with Crippen molar-refractivity contribution in [1.82, 2.24) is 9.97 Å². The topological polar surface area (TPSA) is 70.2 Å². The minimum absolute atomic E-state index is 0.124. The molecule has 0 bridgehead atoms. The summed E-state index contributed by atoms with van der Waals surface area (Å²) in [6.45, 7) is 4.08. The van der Waals surface area contributed by atoms with Crippen molar-refractivity contribution in [2.24, 2.45) is 0 Å². The molecule has 3 aromatic carbocycles. The number of hydrogen-bond acceptors (Lipinski definition) is 5. The van der Waals surface area contributed by atoms with E-state index in [1.807, 2.05) is 79.7 Å². The lowest BCUT2D eigenvalue weighted by atomic mass is 10.0. The molecule has 6 heteroatoms. The molecule has 1 saturated heterocycles. The fourth-order valence-electron chi connectivity index (χ4n) is 4.28. The van der Waals surface area contributed by atoms with Gasteiger partial charge in [-0.15, -0.1) is 0 Å². The molecule has 1 aliphatic rings. The lowest BCUT2D eigenvalue weighted by molar-refractivity contribution is 0.102. The summed E-state index contributed by atoms with van der Waals surface area (Å²) in [6, 6.07) is 23.3. The number of benzene rings is 3. The molecular weight excluding hydrogens is 410 g/mol. The minimum Gasteiger partial charge on any atom is -0.356 e. The largest absolute Gasteiger partial charge is 0.356 e. The van der Waals surface area contributed by atoms with E-state index in [4.69, 9.17) is 4.98 Å². The van der Waals surface area contributed by atoms with Crippen LogP contribution in [0.2, 0.25) is 0 Å². The van der Waals surface area contributed by atoms with Crippen LogP contribution in [0.15, 0.2) is 72.8 Å². The Labute approximate surface area is 193 Å². The second kappa shape index (κ2) is 9.28. The number of rotatable bonds is 5. The molecule has 5 rings (SSSR count). The number of aromatic nitrogens is 2. The van der Waals surface area contributed by atoms with Gasteiger partial charge in [0.15, 0.2) is 0 Å². The Morgan fingerprint density at radius 2 is 1.58 bits per heavy atom. The highest BCUT2D eigenvalue weighted by atomic mass is 16.1. The van der Waals surface area contributed by atoms with Crippen LogP contribution in [0, 0.1) is 6.92 Å². The first-order valence-electron chi connectivity index (χ1n) is 11.4. The number of hydrogen-bond donors (Lipinski definition) is 2. The van der Waals surface area contributed by atoms with Crippen molar-refractivity contribution in [3.8, 4) is 0 Å². The van der Waals surface area contributed by atoms with E-state index >= 15 is 0 Å². The van der Waals surface area contributed by atoms with Crippen LogP contribution in [0.5, 0.6) is 0 Å². The number of carbonyl (C=O) groups excluding carboxylic acids is 1. The maximum absolute atomic E-state index is 12.9. The van der Waals surface area contributed by atoms with Crippen LogP contribution in [0.25, 0.3) is 10.8 Å². The first kappa shape index (κ1) is 20.9. The van der Waals surface area contributed by atoms with Gasteiger partial charge in [-0.2, -0.15) is 4.98 Å². The van der Waals surface area contributed by atoms with Gasteiger partial charge in [-0.25, -0.2) is 4.98 Å². The smallest absolute Gasteiger partial charge is 0.256 e.